The fourth-order valence-corrected chi connectivity index (χ4v) is 1.83. The number of rotatable bonds is 1. The zero-order chi connectivity index (χ0) is 8.06. The Morgan fingerprint density at radius 3 is 2.91 bits per heavy atom. The summed E-state index contributed by atoms with van der Waals surface area (Å²) in [6.07, 6.45) is 5.22. The second-order valence-electron chi connectivity index (χ2n) is 4.26. The second-order valence-corrected chi connectivity index (χ2v) is 4.26. The largest absolute Gasteiger partial charge is 0.366 e. The lowest BCUT2D eigenvalue weighted by Crippen LogP contribution is -2.15. The lowest BCUT2D eigenvalue weighted by Gasteiger charge is -2.16. The van der Waals surface area contributed by atoms with Gasteiger partial charge in [0.2, 0.25) is 0 Å². The number of epoxide rings is 1. The normalized spacial score (nSPS) is 41.8. The third kappa shape index (κ3) is 1.12. The van der Waals surface area contributed by atoms with Crippen LogP contribution >= 0.6 is 0 Å². The van der Waals surface area contributed by atoms with Gasteiger partial charge in [-0.3, -0.25) is 0 Å². The van der Waals surface area contributed by atoms with E-state index in [2.05, 4.69) is 26.8 Å². The van der Waals surface area contributed by atoms with E-state index >= 15 is 0 Å². The van der Waals surface area contributed by atoms with Gasteiger partial charge in [0.1, 0.15) is 0 Å². The van der Waals surface area contributed by atoms with Crippen molar-refractivity contribution >= 4 is 0 Å². The summed E-state index contributed by atoms with van der Waals surface area (Å²) in [7, 11) is 0. The molecule has 0 N–H and O–H groups in total. The van der Waals surface area contributed by atoms with Crippen molar-refractivity contribution in [2.75, 3.05) is 0 Å². The Kier molecular flexibility index (Phi) is 1.40. The molecule has 62 valence electrons. The second kappa shape index (κ2) is 2.10. The van der Waals surface area contributed by atoms with Crippen molar-refractivity contribution in [1.82, 2.24) is 0 Å². The Morgan fingerprint density at radius 1 is 1.64 bits per heavy atom. The van der Waals surface area contributed by atoms with E-state index < -0.39 is 0 Å². The molecule has 1 heterocycles. The molecule has 1 fully saturated rings. The average Bonchev–Trinajstić information content (AvgIpc) is 2.58. The maximum absolute atomic E-state index is 5.59. The van der Waals surface area contributed by atoms with Gasteiger partial charge in [0.05, 0.1) is 11.7 Å². The van der Waals surface area contributed by atoms with Crippen LogP contribution < -0.4 is 0 Å². The summed E-state index contributed by atoms with van der Waals surface area (Å²) in [6.45, 7) is 6.74. The summed E-state index contributed by atoms with van der Waals surface area (Å²) in [5, 5.41) is 0. The molecule has 0 aromatic heterocycles. The molecule has 11 heavy (non-hydrogen) atoms. The Morgan fingerprint density at radius 2 is 2.36 bits per heavy atom. The van der Waals surface area contributed by atoms with E-state index in [1.165, 1.54) is 6.42 Å². The van der Waals surface area contributed by atoms with Gasteiger partial charge in [0, 0.05) is 0 Å². The topological polar surface area (TPSA) is 12.5 Å². The van der Waals surface area contributed by atoms with Crippen LogP contribution in [0.4, 0.5) is 0 Å². The van der Waals surface area contributed by atoms with Crippen LogP contribution in [-0.4, -0.2) is 11.7 Å². The van der Waals surface area contributed by atoms with E-state index in [1.807, 2.05) is 0 Å². The van der Waals surface area contributed by atoms with Crippen LogP contribution in [-0.2, 0) is 4.74 Å². The zero-order valence-electron chi connectivity index (χ0n) is 7.55. The highest BCUT2D eigenvalue weighted by Crippen LogP contribution is 2.47. The zero-order valence-corrected chi connectivity index (χ0v) is 7.55. The van der Waals surface area contributed by atoms with E-state index in [-0.39, 0.29) is 5.60 Å². The van der Waals surface area contributed by atoms with Crippen LogP contribution in [0.15, 0.2) is 11.6 Å². The van der Waals surface area contributed by atoms with Gasteiger partial charge >= 0.3 is 0 Å². The fraction of sp³-hybridized carbons (Fsp3) is 0.800. The first-order valence-corrected chi connectivity index (χ1v) is 4.48. The molecule has 1 heteroatoms. The molecule has 2 unspecified atom stereocenters. The molecular formula is C10H16O. The maximum Gasteiger partial charge on any atom is 0.0958 e. The first-order valence-electron chi connectivity index (χ1n) is 4.48. The lowest BCUT2D eigenvalue weighted by molar-refractivity contribution is 0.313. The van der Waals surface area contributed by atoms with Gasteiger partial charge in [-0.25, -0.2) is 0 Å². The molecule has 0 radical (unpaired) electrons. The number of hydrogen-bond acceptors (Lipinski definition) is 1. The highest BCUT2D eigenvalue weighted by Gasteiger charge is 2.53. The van der Waals surface area contributed by atoms with Gasteiger partial charge in [-0.05, 0) is 25.7 Å². The third-order valence-corrected chi connectivity index (χ3v) is 2.97. The molecule has 1 nitrogen and oxygen atoms in total. The standard InChI is InChI=1S/C10H16O/c1-7(2)8-4-5-10(3)9(6-8)11-10/h4,7,9H,5-6H2,1-3H3. The smallest absolute Gasteiger partial charge is 0.0958 e. The van der Waals surface area contributed by atoms with Crippen molar-refractivity contribution in [1.29, 1.82) is 0 Å². The molecule has 0 bridgehead atoms. The fourth-order valence-electron chi connectivity index (χ4n) is 1.83. The first kappa shape index (κ1) is 7.35. The van der Waals surface area contributed by atoms with Gasteiger partial charge in [-0.15, -0.1) is 0 Å². The minimum absolute atomic E-state index is 0.235. The first-order chi connectivity index (χ1) is 5.12. The van der Waals surface area contributed by atoms with Crippen LogP contribution in [0.1, 0.15) is 33.6 Å². The van der Waals surface area contributed by atoms with Crippen molar-refractivity contribution in [3.05, 3.63) is 11.6 Å². The molecule has 1 saturated heterocycles. The Balaban J connectivity index is 2.07. The molecule has 2 atom stereocenters. The molecule has 2 aliphatic rings. The maximum atomic E-state index is 5.59. The van der Waals surface area contributed by atoms with Gasteiger partial charge in [0.25, 0.3) is 0 Å². The molecule has 0 saturated carbocycles. The Labute approximate surface area is 68.4 Å². The minimum atomic E-state index is 0.235. The molecule has 1 aliphatic carbocycles. The predicted molar refractivity (Wildman–Crippen MR) is 45.4 cm³/mol. The van der Waals surface area contributed by atoms with Crippen molar-refractivity contribution < 1.29 is 4.74 Å². The Bertz CT molecular complexity index is 205. The van der Waals surface area contributed by atoms with Crippen LogP contribution in [0.5, 0.6) is 0 Å². The summed E-state index contributed by atoms with van der Waals surface area (Å²) < 4.78 is 5.59. The molecule has 2 rings (SSSR count). The monoisotopic (exact) mass is 152 g/mol. The third-order valence-electron chi connectivity index (χ3n) is 2.97. The SMILES string of the molecule is CC(C)C1=CCC2(C)OC2C1. The van der Waals surface area contributed by atoms with E-state index in [1.54, 1.807) is 5.57 Å². The highest BCUT2D eigenvalue weighted by atomic mass is 16.6. The minimum Gasteiger partial charge on any atom is -0.366 e. The van der Waals surface area contributed by atoms with Gasteiger partial charge in [-0.1, -0.05) is 25.5 Å². The van der Waals surface area contributed by atoms with E-state index in [0.717, 1.165) is 6.42 Å². The number of fused-ring (bicyclic) bond motifs is 1. The van der Waals surface area contributed by atoms with Gasteiger partial charge < -0.3 is 4.74 Å². The predicted octanol–water partition coefficient (Wildman–Crippen LogP) is 2.52. The van der Waals surface area contributed by atoms with Gasteiger partial charge in [0.15, 0.2) is 0 Å². The van der Waals surface area contributed by atoms with E-state index in [4.69, 9.17) is 4.74 Å². The quantitative estimate of drug-likeness (QED) is 0.415. The number of ether oxygens (including phenoxy) is 1. The van der Waals surface area contributed by atoms with Crippen LogP contribution in [0.3, 0.4) is 0 Å². The van der Waals surface area contributed by atoms with Crippen molar-refractivity contribution in [2.24, 2.45) is 5.92 Å². The van der Waals surface area contributed by atoms with E-state index in [0.29, 0.717) is 12.0 Å². The van der Waals surface area contributed by atoms with Crippen LogP contribution in [0.2, 0.25) is 0 Å². The van der Waals surface area contributed by atoms with Crippen molar-refractivity contribution in [2.45, 2.75) is 45.3 Å². The molecule has 1 aliphatic heterocycles. The summed E-state index contributed by atoms with van der Waals surface area (Å²) in [6, 6.07) is 0. The van der Waals surface area contributed by atoms with Crippen LogP contribution in [0, 0.1) is 5.92 Å². The summed E-state index contributed by atoms with van der Waals surface area (Å²) >= 11 is 0. The molecule has 0 amide bonds. The van der Waals surface area contributed by atoms with E-state index in [9.17, 15) is 0 Å². The molecule has 0 spiro atoms. The summed E-state index contributed by atoms with van der Waals surface area (Å²) in [4.78, 5) is 0. The van der Waals surface area contributed by atoms with Gasteiger partial charge in [-0.2, -0.15) is 0 Å². The summed E-state index contributed by atoms with van der Waals surface area (Å²) in [5.74, 6) is 0.712. The molecule has 0 aromatic rings. The molecular weight excluding hydrogens is 136 g/mol. The number of hydrogen-bond donors (Lipinski definition) is 0. The Hall–Kier alpha value is -0.300. The van der Waals surface area contributed by atoms with Crippen molar-refractivity contribution in [3.63, 3.8) is 0 Å². The molecule has 0 aromatic carbocycles. The van der Waals surface area contributed by atoms with Crippen molar-refractivity contribution in [3.8, 4) is 0 Å². The van der Waals surface area contributed by atoms with Crippen LogP contribution in [0.25, 0.3) is 0 Å². The summed E-state index contributed by atoms with van der Waals surface area (Å²) in [5.41, 5.74) is 1.82. The average molecular weight is 152 g/mol. The highest BCUT2D eigenvalue weighted by molar-refractivity contribution is 5.21. The lowest BCUT2D eigenvalue weighted by atomic mass is 9.86.